The molecular formula is C9H12ClNO. The minimum absolute atomic E-state index is 0.0802. The number of rotatable bonds is 2. The van der Waals surface area contributed by atoms with Crippen LogP contribution in [0.2, 0.25) is 5.02 Å². The third-order valence-corrected chi connectivity index (χ3v) is 2.33. The lowest BCUT2D eigenvalue weighted by Crippen LogP contribution is -2.15. The predicted molar refractivity (Wildman–Crippen MR) is 50.2 cm³/mol. The minimum Gasteiger partial charge on any atom is -0.394 e. The van der Waals surface area contributed by atoms with Crippen LogP contribution >= 0.6 is 11.6 Å². The van der Waals surface area contributed by atoms with Crippen LogP contribution in [0.4, 0.5) is 0 Å². The predicted octanol–water partition coefficient (Wildman–Crippen LogP) is 1.64. The molecule has 0 radical (unpaired) electrons. The molecule has 0 aliphatic carbocycles. The van der Waals surface area contributed by atoms with Crippen LogP contribution in [0.15, 0.2) is 18.2 Å². The quantitative estimate of drug-likeness (QED) is 0.736. The summed E-state index contributed by atoms with van der Waals surface area (Å²) in [4.78, 5) is 0. The van der Waals surface area contributed by atoms with E-state index >= 15 is 0 Å². The van der Waals surface area contributed by atoms with E-state index < -0.39 is 0 Å². The lowest BCUT2D eigenvalue weighted by Gasteiger charge is -2.11. The first kappa shape index (κ1) is 9.52. The number of aryl methyl sites for hydroxylation is 1. The van der Waals surface area contributed by atoms with Crippen molar-refractivity contribution in [2.75, 3.05) is 6.61 Å². The van der Waals surface area contributed by atoms with Crippen molar-refractivity contribution in [1.29, 1.82) is 0 Å². The topological polar surface area (TPSA) is 46.2 Å². The first-order chi connectivity index (χ1) is 5.66. The molecule has 0 fully saturated rings. The van der Waals surface area contributed by atoms with E-state index in [1.807, 2.05) is 25.1 Å². The van der Waals surface area contributed by atoms with Gasteiger partial charge in [-0.2, -0.15) is 0 Å². The Labute approximate surface area is 77.0 Å². The zero-order chi connectivity index (χ0) is 9.14. The largest absolute Gasteiger partial charge is 0.394 e. The fraction of sp³-hybridized carbons (Fsp3) is 0.333. The second-order valence-electron chi connectivity index (χ2n) is 2.77. The highest BCUT2D eigenvalue weighted by Crippen LogP contribution is 2.24. The average molecular weight is 186 g/mol. The lowest BCUT2D eigenvalue weighted by atomic mass is 10.1. The van der Waals surface area contributed by atoms with Gasteiger partial charge in [0.1, 0.15) is 0 Å². The van der Waals surface area contributed by atoms with Crippen LogP contribution in [0.25, 0.3) is 0 Å². The smallest absolute Gasteiger partial charge is 0.0624 e. The second-order valence-corrected chi connectivity index (χ2v) is 3.15. The van der Waals surface area contributed by atoms with Crippen LogP contribution in [0.1, 0.15) is 17.2 Å². The molecule has 1 aromatic carbocycles. The number of halogens is 1. The summed E-state index contributed by atoms with van der Waals surface area (Å²) in [5.41, 5.74) is 7.42. The molecule has 1 rings (SSSR count). The Kier molecular flexibility index (Phi) is 3.09. The van der Waals surface area contributed by atoms with E-state index in [2.05, 4.69) is 0 Å². The number of benzene rings is 1. The number of hydrogen-bond acceptors (Lipinski definition) is 2. The Morgan fingerprint density at radius 3 is 2.83 bits per heavy atom. The van der Waals surface area contributed by atoms with Gasteiger partial charge in [-0.05, 0) is 18.1 Å². The zero-order valence-electron chi connectivity index (χ0n) is 6.92. The van der Waals surface area contributed by atoms with E-state index in [1.165, 1.54) is 0 Å². The lowest BCUT2D eigenvalue weighted by molar-refractivity contribution is 0.268. The fourth-order valence-electron chi connectivity index (χ4n) is 1.05. The highest BCUT2D eigenvalue weighted by Gasteiger charge is 2.09. The Morgan fingerprint density at radius 1 is 1.58 bits per heavy atom. The molecule has 66 valence electrons. The van der Waals surface area contributed by atoms with E-state index in [0.29, 0.717) is 5.02 Å². The van der Waals surface area contributed by atoms with E-state index in [9.17, 15) is 0 Å². The molecule has 0 aromatic heterocycles. The summed E-state index contributed by atoms with van der Waals surface area (Å²) in [6, 6.07) is 5.25. The van der Waals surface area contributed by atoms with Gasteiger partial charge in [-0.1, -0.05) is 29.8 Å². The van der Waals surface area contributed by atoms with Gasteiger partial charge in [-0.3, -0.25) is 0 Å². The second kappa shape index (κ2) is 3.90. The van der Waals surface area contributed by atoms with Crippen molar-refractivity contribution in [3.8, 4) is 0 Å². The molecule has 0 unspecified atom stereocenters. The van der Waals surface area contributed by atoms with Gasteiger partial charge in [0.2, 0.25) is 0 Å². The molecule has 0 saturated carbocycles. The van der Waals surface area contributed by atoms with Gasteiger partial charge in [-0.25, -0.2) is 0 Å². The van der Waals surface area contributed by atoms with Gasteiger partial charge in [0.15, 0.2) is 0 Å². The zero-order valence-corrected chi connectivity index (χ0v) is 7.67. The maximum Gasteiger partial charge on any atom is 0.0624 e. The number of aliphatic hydroxyl groups excluding tert-OH is 1. The van der Waals surface area contributed by atoms with Gasteiger partial charge in [0.25, 0.3) is 0 Å². The van der Waals surface area contributed by atoms with Gasteiger partial charge >= 0.3 is 0 Å². The molecule has 0 heterocycles. The standard InChI is InChI=1S/C9H12ClNO/c1-6-3-2-4-7(9(6)10)8(11)5-12/h2-4,8,12H,5,11H2,1H3/t8-/m1/s1. The molecule has 0 aliphatic rings. The van der Waals surface area contributed by atoms with Gasteiger partial charge in [0, 0.05) is 5.02 Å². The van der Waals surface area contributed by atoms with Crippen LogP contribution in [-0.4, -0.2) is 11.7 Å². The molecule has 1 aromatic rings. The van der Waals surface area contributed by atoms with Crippen LogP contribution in [0, 0.1) is 6.92 Å². The highest BCUT2D eigenvalue weighted by atomic mass is 35.5. The maximum absolute atomic E-state index is 8.82. The molecule has 0 bridgehead atoms. The molecule has 12 heavy (non-hydrogen) atoms. The molecule has 1 atom stereocenters. The molecule has 2 nitrogen and oxygen atoms in total. The summed E-state index contributed by atoms with van der Waals surface area (Å²) in [6.07, 6.45) is 0. The normalized spacial score (nSPS) is 13.0. The van der Waals surface area contributed by atoms with Crippen molar-refractivity contribution >= 4 is 11.6 Å². The Morgan fingerprint density at radius 2 is 2.25 bits per heavy atom. The Hall–Kier alpha value is -0.570. The van der Waals surface area contributed by atoms with E-state index in [4.69, 9.17) is 22.4 Å². The van der Waals surface area contributed by atoms with Crippen LogP contribution in [-0.2, 0) is 0 Å². The minimum atomic E-state index is -0.377. The van der Waals surface area contributed by atoms with Crippen molar-refractivity contribution in [1.82, 2.24) is 0 Å². The summed E-state index contributed by atoms with van der Waals surface area (Å²) in [7, 11) is 0. The van der Waals surface area contributed by atoms with Crippen LogP contribution in [0.5, 0.6) is 0 Å². The molecule has 0 amide bonds. The highest BCUT2D eigenvalue weighted by molar-refractivity contribution is 6.32. The number of nitrogens with two attached hydrogens (primary N) is 1. The molecule has 0 aliphatic heterocycles. The monoisotopic (exact) mass is 185 g/mol. The first-order valence-corrected chi connectivity index (χ1v) is 4.16. The summed E-state index contributed by atoms with van der Waals surface area (Å²) >= 11 is 5.98. The first-order valence-electron chi connectivity index (χ1n) is 3.78. The number of aliphatic hydroxyl groups is 1. The summed E-state index contributed by atoms with van der Waals surface area (Å²) < 4.78 is 0. The van der Waals surface area contributed by atoms with E-state index in [1.54, 1.807) is 0 Å². The van der Waals surface area contributed by atoms with E-state index in [-0.39, 0.29) is 12.6 Å². The molecule has 3 heteroatoms. The average Bonchev–Trinajstić information content (AvgIpc) is 2.08. The van der Waals surface area contributed by atoms with Crippen LogP contribution < -0.4 is 5.73 Å². The molecule has 3 N–H and O–H groups in total. The Balaban J connectivity index is 3.07. The van der Waals surface area contributed by atoms with Gasteiger partial charge in [-0.15, -0.1) is 0 Å². The maximum atomic E-state index is 8.82. The fourth-order valence-corrected chi connectivity index (χ4v) is 1.32. The Bertz CT molecular complexity index is 275. The molecule has 0 spiro atoms. The third-order valence-electron chi connectivity index (χ3n) is 1.82. The SMILES string of the molecule is Cc1cccc([C@H](N)CO)c1Cl. The van der Waals surface area contributed by atoms with Gasteiger partial charge in [0.05, 0.1) is 12.6 Å². The van der Waals surface area contributed by atoms with E-state index in [0.717, 1.165) is 11.1 Å². The van der Waals surface area contributed by atoms with Crippen molar-refractivity contribution in [2.24, 2.45) is 5.73 Å². The van der Waals surface area contributed by atoms with Crippen molar-refractivity contribution < 1.29 is 5.11 Å². The van der Waals surface area contributed by atoms with Crippen molar-refractivity contribution in [2.45, 2.75) is 13.0 Å². The third kappa shape index (κ3) is 1.78. The van der Waals surface area contributed by atoms with Crippen LogP contribution in [0.3, 0.4) is 0 Å². The van der Waals surface area contributed by atoms with Gasteiger partial charge < -0.3 is 10.8 Å². The van der Waals surface area contributed by atoms with Crippen molar-refractivity contribution in [3.63, 3.8) is 0 Å². The van der Waals surface area contributed by atoms with Crippen molar-refractivity contribution in [3.05, 3.63) is 34.3 Å². The molecule has 0 saturated heterocycles. The summed E-state index contributed by atoms with van der Waals surface area (Å²) in [5, 5.41) is 9.47. The summed E-state index contributed by atoms with van der Waals surface area (Å²) in [5.74, 6) is 0. The molecular weight excluding hydrogens is 174 g/mol. The summed E-state index contributed by atoms with van der Waals surface area (Å²) in [6.45, 7) is 1.83. The number of hydrogen-bond donors (Lipinski definition) is 2.